The van der Waals surface area contributed by atoms with Crippen LogP contribution in [0.2, 0.25) is 10.0 Å². The summed E-state index contributed by atoms with van der Waals surface area (Å²) < 4.78 is 24.5. The van der Waals surface area contributed by atoms with Gasteiger partial charge in [0, 0.05) is 14.8 Å². The molecule has 11 nitrogen and oxygen atoms in total. The van der Waals surface area contributed by atoms with E-state index in [9.17, 15) is 14.7 Å². The lowest BCUT2D eigenvalue weighted by molar-refractivity contribution is -0.136. The number of benzene rings is 3. The smallest absolute Gasteiger partial charge is 0.337 e. The Labute approximate surface area is 303 Å². The van der Waals surface area contributed by atoms with Crippen molar-refractivity contribution >= 4 is 86.6 Å². The Morgan fingerprint density at radius 1 is 1.09 bits per heavy atom. The summed E-state index contributed by atoms with van der Waals surface area (Å²) in [7, 11) is 1.27. The van der Waals surface area contributed by atoms with Crippen LogP contribution in [0.15, 0.2) is 64.9 Å². The first-order valence-electron chi connectivity index (χ1n) is 13.8. The second-order valence-electron chi connectivity index (χ2n) is 9.76. The number of hydrogen-bond acceptors (Lipinski definition) is 9. The molecular weight excluding hydrogens is 865 g/mol. The number of methoxy groups -OCH3 is 1. The summed E-state index contributed by atoms with van der Waals surface area (Å²) in [5.74, 6) is 0.756. The molecule has 0 saturated carbocycles. The van der Waals surface area contributed by atoms with E-state index in [1.165, 1.54) is 7.11 Å². The number of carbonyl (C=O) groups is 2. The lowest BCUT2D eigenvalue weighted by atomic mass is 9.95. The largest absolute Gasteiger partial charge is 0.490 e. The van der Waals surface area contributed by atoms with E-state index < -0.39 is 24.3 Å². The molecule has 244 valence electrons. The number of amides is 2. The molecule has 0 unspecified atom stereocenters. The highest BCUT2D eigenvalue weighted by Crippen LogP contribution is 2.35. The first-order chi connectivity index (χ1) is 22.0. The minimum absolute atomic E-state index is 0.169. The molecule has 2 atom stereocenters. The van der Waals surface area contributed by atoms with Crippen molar-refractivity contribution in [2.75, 3.05) is 20.3 Å². The summed E-state index contributed by atoms with van der Waals surface area (Å²) in [5.41, 5.74) is 5.45. The molecule has 0 spiro atoms. The van der Waals surface area contributed by atoms with E-state index in [1.807, 2.05) is 25.1 Å². The molecule has 1 heterocycles. The molecule has 46 heavy (non-hydrogen) atoms. The van der Waals surface area contributed by atoms with Crippen LogP contribution in [0, 0.1) is 7.14 Å². The molecule has 4 rings (SSSR count). The normalized spacial score (nSPS) is 15.2. The summed E-state index contributed by atoms with van der Waals surface area (Å²) in [5, 5.41) is 21.0. The van der Waals surface area contributed by atoms with E-state index in [2.05, 4.69) is 66.3 Å². The summed E-state index contributed by atoms with van der Waals surface area (Å²) in [6, 6.07) is 13.0. The standard InChI is InChI=1S/C31H30Cl2I2N4O7/c1-4-44-25-11-18(28-27(30(41)43-3)16(2)37-31(42)38-28)6-8-24(25)45-15-26(40)39-36-13-19-10-20(34)12-23(35)29(19)46-14-17-5-7-21(32)22(33)9-17/h5-13,26,28,39-40H,4,14-15H2,1-3H3,(H2,37,38,42)/b36-13+/t26-,28+/m1/s1. The van der Waals surface area contributed by atoms with Gasteiger partial charge in [0.15, 0.2) is 17.7 Å². The summed E-state index contributed by atoms with van der Waals surface area (Å²) >= 11 is 16.6. The third kappa shape index (κ3) is 9.30. The number of hydrogen-bond donors (Lipinski definition) is 4. The Hall–Kier alpha value is -2.99. The highest BCUT2D eigenvalue weighted by molar-refractivity contribution is 14.1. The predicted molar refractivity (Wildman–Crippen MR) is 192 cm³/mol. The fourth-order valence-electron chi connectivity index (χ4n) is 4.43. The minimum Gasteiger partial charge on any atom is -0.490 e. The zero-order valence-electron chi connectivity index (χ0n) is 24.8. The van der Waals surface area contributed by atoms with Gasteiger partial charge >= 0.3 is 12.0 Å². The van der Waals surface area contributed by atoms with E-state index in [1.54, 1.807) is 43.5 Å². The van der Waals surface area contributed by atoms with E-state index >= 15 is 0 Å². The zero-order chi connectivity index (χ0) is 33.4. The van der Waals surface area contributed by atoms with Crippen LogP contribution in [0.3, 0.4) is 0 Å². The van der Waals surface area contributed by atoms with Crippen LogP contribution in [0.4, 0.5) is 4.79 Å². The molecule has 0 bridgehead atoms. The number of hydrazone groups is 1. The van der Waals surface area contributed by atoms with Crippen LogP contribution in [0.5, 0.6) is 17.2 Å². The molecular formula is C31H30Cl2I2N4O7. The quantitative estimate of drug-likeness (QED) is 0.0516. The maximum atomic E-state index is 12.5. The Balaban J connectivity index is 1.43. The number of rotatable bonds is 13. The third-order valence-electron chi connectivity index (χ3n) is 6.50. The molecule has 0 aromatic heterocycles. The molecule has 0 fully saturated rings. The lowest BCUT2D eigenvalue weighted by Gasteiger charge is -2.28. The number of allylic oxidation sites excluding steroid dienone is 1. The van der Waals surface area contributed by atoms with Gasteiger partial charge in [0.25, 0.3) is 0 Å². The summed E-state index contributed by atoms with van der Waals surface area (Å²) in [4.78, 5) is 24.7. The Kier molecular flexibility index (Phi) is 13.0. The molecule has 0 saturated heterocycles. The number of ether oxygens (including phenoxy) is 4. The van der Waals surface area contributed by atoms with Crippen molar-refractivity contribution in [1.29, 1.82) is 0 Å². The number of urea groups is 1. The average Bonchev–Trinajstić information content (AvgIpc) is 3.01. The van der Waals surface area contributed by atoms with Gasteiger partial charge in [-0.3, -0.25) is 5.43 Å². The van der Waals surface area contributed by atoms with E-state index in [4.69, 9.17) is 42.1 Å². The monoisotopic (exact) mass is 894 g/mol. The van der Waals surface area contributed by atoms with E-state index in [-0.39, 0.29) is 18.8 Å². The second-order valence-corrected chi connectivity index (χ2v) is 13.0. The molecule has 2 amide bonds. The van der Waals surface area contributed by atoms with Crippen molar-refractivity contribution in [1.82, 2.24) is 16.1 Å². The highest BCUT2D eigenvalue weighted by atomic mass is 127. The van der Waals surface area contributed by atoms with Gasteiger partial charge in [0.1, 0.15) is 19.0 Å². The van der Waals surface area contributed by atoms with E-state index in [0.717, 1.165) is 12.7 Å². The van der Waals surface area contributed by atoms with Crippen LogP contribution < -0.4 is 30.3 Å². The van der Waals surface area contributed by atoms with Crippen molar-refractivity contribution in [2.24, 2.45) is 5.10 Å². The predicted octanol–water partition coefficient (Wildman–Crippen LogP) is 6.30. The average molecular weight is 895 g/mol. The van der Waals surface area contributed by atoms with Gasteiger partial charge in [-0.25, -0.2) is 9.59 Å². The summed E-state index contributed by atoms with van der Waals surface area (Å²) in [6.45, 7) is 3.86. The van der Waals surface area contributed by atoms with Gasteiger partial charge in [0.05, 0.1) is 45.2 Å². The lowest BCUT2D eigenvalue weighted by Crippen LogP contribution is -2.45. The van der Waals surface area contributed by atoms with Crippen LogP contribution in [-0.2, 0) is 16.1 Å². The Morgan fingerprint density at radius 3 is 2.59 bits per heavy atom. The van der Waals surface area contributed by atoms with Gasteiger partial charge in [0.2, 0.25) is 0 Å². The Bertz CT molecular complexity index is 1670. The SMILES string of the molecule is CCOc1cc([C@@H]2NC(=O)NC(C)=C2C(=O)OC)ccc1OC[C@@H](O)N/N=C/c1cc(I)cc(I)c1OCc1ccc(Cl)c(Cl)c1. The molecule has 0 aliphatic carbocycles. The molecule has 3 aromatic carbocycles. The topological polar surface area (TPSA) is 140 Å². The van der Waals surface area contributed by atoms with Crippen molar-refractivity contribution in [3.63, 3.8) is 0 Å². The molecule has 0 radical (unpaired) electrons. The number of halogens is 4. The number of nitrogens with zero attached hydrogens (tertiary/aromatic N) is 1. The molecule has 4 N–H and O–H groups in total. The zero-order valence-corrected chi connectivity index (χ0v) is 30.7. The number of aliphatic hydroxyl groups is 1. The first-order valence-corrected chi connectivity index (χ1v) is 16.7. The van der Waals surface area contributed by atoms with Gasteiger partial charge in [-0.15, -0.1) is 0 Å². The van der Waals surface area contributed by atoms with Crippen LogP contribution in [-0.4, -0.2) is 49.9 Å². The van der Waals surface area contributed by atoms with Gasteiger partial charge in [-0.05, 0) is 107 Å². The van der Waals surface area contributed by atoms with Crippen molar-refractivity contribution in [3.8, 4) is 17.2 Å². The van der Waals surface area contributed by atoms with Crippen molar-refractivity contribution < 1.29 is 33.6 Å². The molecule has 1 aliphatic rings. The van der Waals surface area contributed by atoms with E-state index in [0.29, 0.717) is 50.7 Å². The maximum Gasteiger partial charge on any atom is 0.337 e. The number of esters is 1. The fraction of sp³-hybridized carbons (Fsp3) is 0.258. The van der Waals surface area contributed by atoms with Crippen LogP contribution in [0.1, 0.15) is 36.6 Å². The maximum absolute atomic E-state index is 12.5. The number of carbonyl (C=O) groups excluding carboxylic acids is 2. The van der Waals surface area contributed by atoms with Crippen LogP contribution >= 0.6 is 68.4 Å². The number of nitrogens with one attached hydrogen (secondary N) is 3. The van der Waals surface area contributed by atoms with Crippen molar-refractivity contribution in [3.05, 3.63) is 93.7 Å². The van der Waals surface area contributed by atoms with Gasteiger partial charge in [-0.1, -0.05) is 35.3 Å². The second kappa shape index (κ2) is 16.7. The summed E-state index contributed by atoms with van der Waals surface area (Å²) in [6.07, 6.45) is 0.382. The molecule has 3 aromatic rings. The molecule has 15 heteroatoms. The molecule has 1 aliphatic heterocycles. The highest BCUT2D eigenvalue weighted by Gasteiger charge is 2.32. The van der Waals surface area contributed by atoms with Crippen molar-refractivity contribution in [2.45, 2.75) is 32.7 Å². The fourth-order valence-corrected chi connectivity index (χ4v) is 6.79. The van der Waals surface area contributed by atoms with Gasteiger partial charge < -0.3 is 34.7 Å². The third-order valence-corrected chi connectivity index (χ3v) is 8.67. The first kappa shape index (κ1) is 35.9. The van der Waals surface area contributed by atoms with Gasteiger partial charge in [-0.2, -0.15) is 5.10 Å². The van der Waals surface area contributed by atoms with Crippen LogP contribution in [0.25, 0.3) is 0 Å². The number of aliphatic hydroxyl groups excluding tert-OH is 1. The Morgan fingerprint density at radius 2 is 1.87 bits per heavy atom. The minimum atomic E-state index is -1.17.